The molecule has 0 unspecified atom stereocenters. The van der Waals surface area contributed by atoms with E-state index in [0.29, 0.717) is 6.61 Å². The molecule has 3 heteroatoms. The van der Waals surface area contributed by atoms with E-state index < -0.39 is 5.41 Å². The van der Waals surface area contributed by atoms with Gasteiger partial charge in [-0.25, -0.2) is 5.06 Å². The van der Waals surface area contributed by atoms with Gasteiger partial charge in [0.1, 0.15) is 6.61 Å². The topological polar surface area (TPSA) is 29.5 Å². The molecule has 0 saturated heterocycles. The third-order valence-electron chi connectivity index (χ3n) is 2.20. The summed E-state index contributed by atoms with van der Waals surface area (Å²) in [6.07, 6.45) is 0. The minimum atomic E-state index is -0.411. The minimum Gasteiger partial charge on any atom is -0.272 e. The second kappa shape index (κ2) is 5.12. The van der Waals surface area contributed by atoms with Gasteiger partial charge >= 0.3 is 0 Å². The Bertz CT molecular complexity index is 341. The van der Waals surface area contributed by atoms with Crippen molar-refractivity contribution in [3.8, 4) is 0 Å². The molecule has 0 bridgehead atoms. The Morgan fingerprint density at radius 3 is 2.31 bits per heavy atom. The van der Waals surface area contributed by atoms with E-state index in [4.69, 9.17) is 4.84 Å². The molecule has 1 rings (SSSR count). The number of amides is 1. The molecule has 0 fully saturated rings. The number of nitrogens with zero attached hydrogens (tertiary/aromatic N) is 1. The fourth-order valence-corrected chi connectivity index (χ4v) is 1.28. The van der Waals surface area contributed by atoms with Crippen molar-refractivity contribution in [1.29, 1.82) is 0 Å². The number of carbonyl (C=O) groups is 1. The van der Waals surface area contributed by atoms with Gasteiger partial charge in [0.25, 0.3) is 5.91 Å². The summed E-state index contributed by atoms with van der Waals surface area (Å²) in [5.74, 6) is -0.0246. The zero-order chi connectivity index (χ0) is 12.2. The highest BCUT2D eigenvalue weighted by Crippen LogP contribution is 2.17. The molecule has 0 spiro atoms. The molecule has 0 saturated carbocycles. The zero-order valence-corrected chi connectivity index (χ0v) is 10.4. The average molecular weight is 221 g/mol. The van der Waals surface area contributed by atoms with Crippen molar-refractivity contribution < 1.29 is 9.63 Å². The second-order valence-electron chi connectivity index (χ2n) is 4.81. The standard InChI is InChI=1S/C13H19NO2/c1-13(2,3)12(15)14(4)16-10-11-8-6-5-7-9-11/h5-9H,10H2,1-4H3. The lowest BCUT2D eigenvalue weighted by Crippen LogP contribution is -2.36. The summed E-state index contributed by atoms with van der Waals surface area (Å²) < 4.78 is 0. The molecule has 0 atom stereocenters. The van der Waals surface area contributed by atoms with E-state index in [2.05, 4.69) is 0 Å². The molecule has 0 aliphatic rings. The van der Waals surface area contributed by atoms with Crippen molar-refractivity contribution >= 4 is 5.91 Å². The Hall–Kier alpha value is -1.35. The number of rotatable bonds is 3. The van der Waals surface area contributed by atoms with Gasteiger partial charge in [-0.2, -0.15) is 0 Å². The van der Waals surface area contributed by atoms with Crippen LogP contribution in [0.1, 0.15) is 26.3 Å². The average Bonchev–Trinajstić information content (AvgIpc) is 2.25. The van der Waals surface area contributed by atoms with E-state index in [1.165, 1.54) is 5.06 Å². The first-order chi connectivity index (χ1) is 7.41. The van der Waals surface area contributed by atoms with Crippen LogP contribution < -0.4 is 0 Å². The van der Waals surface area contributed by atoms with Crippen molar-refractivity contribution in [2.45, 2.75) is 27.4 Å². The van der Waals surface area contributed by atoms with Crippen LogP contribution in [0, 0.1) is 5.41 Å². The minimum absolute atomic E-state index is 0.0246. The fraction of sp³-hybridized carbons (Fsp3) is 0.462. The molecule has 1 amide bonds. The van der Waals surface area contributed by atoms with Gasteiger partial charge < -0.3 is 0 Å². The maximum atomic E-state index is 11.8. The fourth-order valence-electron chi connectivity index (χ4n) is 1.28. The first-order valence-corrected chi connectivity index (χ1v) is 5.36. The third-order valence-corrected chi connectivity index (χ3v) is 2.20. The summed E-state index contributed by atoms with van der Waals surface area (Å²) in [5, 5.41) is 1.31. The van der Waals surface area contributed by atoms with Crippen molar-refractivity contribution in [3.63, 3.8) is 0 Å². The van der Waals surface area contributed by atoms with Crippen molar-refractivity contribution in [3.05, 3.63) is 35.9 Å². The number of benzene rings is 1. The van der Waals surface area contributed by atoms with E-state index in [-0.39, 0.29) is 5.91 Å². The Labute approximate surface area is 97.0 Å². The molecule has 0 aromatic heterocycles. The number of carbonyl (C=O) groups excluding carboxylic acids is 1. The smallest absolute Gasteiger partial charge is 0.251 e. The lowest BCUT2D eigenvalue weighted by molar-refractivity contribution is -0.191. The molecule has 0 aliphatic carbocycles. The van der Waals surface area contributed by atoms with E-state index in [1.807, 2.05) is 51.1 Å². The van der Waals surface area contributed by atoms with Gasteiger partial charge in [0.15, 0.2) is 0 Å². The summed E-state index contributed by atoms with van der Waals surface area (Å²) in [5.41, 5.74) is 0.641. The largest absolute Gasteiger partial charge is 0.272 e. The molecule has 3 nitrogen and oxygen atoms in total. The monoisotopic (exact) mass is 221 g/mol. The van der Waals surface area contributed by atoms with Crippen LogP contribution in [0.15, 0.2) is 30.3 Å². The molecule has 1 aromatic carbocycles. The van der Waals surface area contributed by atoms with Crippen molar-refractivity contribution in [2.24, 2.45) is 5.41 Å². The van der Waals surface area contributed by atoms with Gasteiger partial charge in [0.05, 0.1) is 0 Å². The van der Waals surface area contributed by atoms with Gasteiger partial charge in [0.2, 0.25) is 0 Å². The van der Waals surface area contributed by atoms with Crippen LogP contribution >= 0.6 is 0 Å². The molecule has 0 heterocycles. The molecule has 0 radical (unpaired) electrons. The van der Waals surface area contributed by atoms with Crippen LogP contribution in [0.2, 0.25) is 0 Å². The van der Waals surface area contributed by atoms with E-state index in [0.717, 1.165) is 5.56 Å². The molecule has 88 valence electrons. The molecule has 0 aliphatic heterocycles. The summed E-state index contributed by atoms with van der Waals surface area (Å²) in [7, 11) is 1.65. The van der Waals surface area contributed by atoms with Gasteiger partial charge in [-0.15, -0.1) is 0 Å². The summed E-state index contributed by atoms with van der Waals surface area (Å²) in [4.78, 5) is 17.2. The maximum Gasteiger partial charge on any atom is 0.251 e. The maximum absolute atomic E-state index is 11.8. The highest BCUT2D eigenvalue weighted by Gasteiger charge is 2.25. The van der Waals surface area contributed by atoms with Crippen molar-refractivity contribution in [1.82, 2.24) is 5.06 Å². The molecule has 1 aromatic rings. The molecule has 16 heavy (non-hydrogen) atoms. The van der Waals surface area contributed by atoms with Crippen LogP contribution in [0.3, 0.4) is 0 Å². The lowest BCUT2D eigenvalue weighted by Gasteiger charge is -2.25. The Balaban J connectivity index is 2.48. The lowest BCUT2D eigenvalue weighted by atomic mass is 9.96. The van der Waals surface area contributed by atoms with Crippen LogP contribution in [0.4, 0.5) is 0 Å². The Kier molecular flexibility index (Phi) is 4.07. The summed E-state index contributed by atoms with van der Waals surface area (Å²) >= 11 is 0. The van der Waals surface area contributed by atoms with E-state index in [9.17, 15) is 4.79 Å². The van der Waals surface area contributed by atoms with Crippen molar-refractivity contribution in [2.75, 3.05) is 7.05 Å². The predicted molar refractivity (Wildman–Crippen MR) is 63.5 cm³/mol. The highest BCUT2D eigenvalue weighted by atomic mass is 16.7. The highest BCUT2D eigenvalue weighted by molar-refractivity contribution is 5.80. The second-order valence-corrected chi connectivity index (χ2v) is 4.81. The third kappa shape index (κ3) is 3.66. The SMILES string of the molecule is CN(OCc1ccccc1)C(=O)C(C)(C)C. The Morgan fingerprint density at radius 2 is 1.81 bits per heavy atom. The van der Waals surface area contributed by atoms with E-state index >= 15 is 0 Å². The van der Waals surface area contributed by atoms with Gasteiger partial charge in [-0.1, -0.05) is 51.1 Å². The van der Waals surface area contributed by atoms with Crippen LogP contribution in [0.5, 0.6) is 0 Å². The van der Waals surface area contributed by atoms with Crippen LogP contribution in [-0.4, -0.2) is 18.0 Å². The quantitative estimate of drug-likeness (QED) is 0.734. The van der Waals surface area contributed by atoms with Crippen LogP contribution in [0.25, 0.3) is 0 Å². The molecular formula is C13H19NO2. The number of hydrogen-bond donors (Lipinski definition) is 0. The van der Waals surface area contributed by atoms with E-state index in [1.54, 1.807) is 7.05 Å². The first kappa shape index (κ1) is 12.7. The van der Waals surface area contributed by atoms with Gasteiger partial charge in [0, 0.05) is 12.5 Å². The predicted octanol–water partition coefficient (Wildman–Crippen LogP) is 2.62. The molecule has 0 N–H and O–H groups in total. The number of hydroxylamine groups is 2. The normalized spacial score (nSPS) is 11.2. The number of hydrogen-bond acceptors (Lipinski definition) is 2. The molecular weight excluding hydrogens is 202 g/mol. The first-order valence-electron chi connectivity index (χ1n) is 5.36. The van der Waals surface area contributed by atoms with Crippen LogP contribution in [-0.2, 0) is 16.2 Å². The summed E-state index contributed by atoms with van der Waals surface area (Å²) in [6, 6.07) is 9.78. The summed E-state index contributed by atoms with van der Waals surface area (Å²) in [6.45, 7) is 6.03. The van der Waals surface area contributed by atoms with Gasteiger partial charge in [-0.05, 0) is 5.56 Å². The van der Waals surface area contributed by atoms with Gasteiger partial charge in [-0.3, -0.25) is 9.63 Å². The zero-order valence-electron chi connectivity index (χ0n) is 10.4. The Morgan fingerprint density at radius 1 is 1.25 bits per heavy atom.